The third-order valence-corrected chi connectivity index (χ3v) is 3.34. The zero-order valence-corrected chi connectivity index (χ0v) is 10.6. The van der Waals surface area contributed by atoms with Crippen LogP contribution in [0.5, 0.6) is 5.75 Å². The van der Waals surface area contributed by atoms with Crippen molar-refractivity contribution < 1.29 is 26.3 Å². The molecule has 0 amide bonds. The number of nitrogens with two attached hydrogens (primary N) is 1. The largest absolute Gasteiger partial charge is 0.573 e. The minimum atomic E-state index is -5.12. The van der Waals surface area contributed by atoms with E-state index in [4.69, 9.17) is 21.7 Å². The van der Waals surface area contributed by atoms with Crippen LogP contribution in [0.15, 0.2) is 17.0 Å². The highest BCUT2D eigenvalue weighted by Gasteiger charge is 2.34. The van der Waals surface area contributed by atoms with Gasteiger partial charge in [0.1, 0.15) is 4.90 Å². The lowest BCUT2D eigenvalue weighted by Gasteiger charge is -2.13. The van der Waals surface area contributed by atoms with Gasteiger partial charge in [0.2, 0.25) is 0 Å². The maximum atomic E-state index is 12.2. The fraction of sp³-hybridized carbons (Fsp3) is 0.222. The molecule has 0 aliphatic rings. The van der Waals surface area contributed by atoms with Crippen LogP contribution in [0, 0.1) is 11.3 Å². The zero-order valence-electron chi connectivity index (χ0n) is 9.03. The third kappa shape index (κ3) is 3.99. The van der Waals surface area contributed by atoms with E-state index in [0.717, 1.165) is 6.07 Å². The SMILES string of the molecule is N#Cc1cc(OC(F)(F)F)c(S(=O)(=O)Cl)cc1CN. The summed E-state index contributed by atoms with van der Waals surface area (Å²) in [5, 5.41) is 8.74. The zero-order chi connectivity index (χ0) is 14.8. The van der Waals surface area contributed by atoms with Crippen LogP contribution in [0.4, 0.5) is 13.2 Å². The minimum absolute atomic E-state index is 0.0382. The molecule has 0 unspecified atom stereocenters. The highest BCUT2D eigenvalue weighted by molar-refractivity contribution is 8.13. The Hall–Kier alpha value is -1.50. The Bertz CT molecular complexity index is 637. The number of hydrogen-bond acceptors (Lipinski definition) is 5. The van der Waals surface area contributed by atoms with Crippen LogP contribution >= 0.6 is 10.7 Å². The van der Waals surface area contributed by atoms with Gasteiger partial charge in [0, 0.05) is 23.3 Å². The van der Waals surface area contributed by atoms with Crippen LogP contribution in [0.3, 0.4) is 0 Å². The average Bonchev–Trinajstić information content (AvgIpc) is 2.24. The second kappa shape index (κ2) is 5.24. The summed E-state index contributed by atoms with van der Waals surface area (Å²) < 4.78 is 62.4. The van der Waals surface area contributed by atoms with Crippen molar-refractivity contribution in [2.45, 2.75) is 17.8 Å². The van der Waals surface area contributed by atoms with E-state index in [2.05, 4.69) is 4.74 Å². The number of rotatable bonds is 3. The molecule has 0 radical (unpaired) electrons. The average molecular weight is 315 g/mol. The lowest BCUT2D eigenvalue weighted by atomic mass is 10.1. The molecule has 1 rings (SSSR count). The van der Waals surface area contributed by atoms with E-state index < -0.39 is 26.1 Å². The summed E-state index contributed by atoms with van der Waals surface area (Å²) in [6.07, 6.45) is -5.12. The molecule has 0 bridgehead atoms. The van der Waals surface area contributed by atoms with Gasteiger partial charge in [0.05, 0.1) is 11.6 Å². The summed E-state index contributed by atoms with van der Waals surface area (Å²) in [7, 11) is 0.537. The Kier molecular flexibility index (Phi) is 4.29. The Morgan fingerprint density at radius 1 is 1.42 bits per heavy atom. The smallest absolute Gasteiger partial charge is 0.404 e. The summed E-state index contributed by atoms with van der Waals surface area (Å²) in [6.45, 7) is -0.241. The number of hydrogen-bond donors (Lipinski definition) is 1. The van der Waals surface area contributed by atoms with Gasteiger partial charge in [-0.3, -0.25) is 0 Å². The molecule has 0 spiro atoms. The van der Waals surface area contributed by atoms with E-state index in [0.29, 0.717) is 6.07 Å². The Balaban J connectivity index is 3.56. The first-order valence-electron chi connectivity index (χ1n) is 4.56. The van der Waals surface area contributed by atoms with Gasteiger partial charge in [-0.15, -0.1) is 13.2 Å². The van der Waals surface area contributed by atoms with Crippen LogP contribution in [-0.4, -0.2) is 14.8 Å². The second-order valence-electron chi connectivity index (χ2n) is 3.26. The molecule has 0 aliphatic carbocycles. The van der Waals surface area contributed by atoms with Crippen molar-refractivity contribution in [2.75, 3.05) is 0 Å². The molecule has 1 aromatic rings. The Labute approximate surface area is 110 Å². The summed E-state index contributed by atoms with van der Waals surface area (Å²) in [4.78, 5) is -0.897. The van der Waals surface area contributed by atoms with Gasteiger partial charge in [0.15, 0.2) is 5.75 Å². The van der Waals surface area contributed by atoms with Crippen LogP contribution in [0.1, 0.15) is 11.1 Å². The number of nitriles is 1. The van der Waals surface area contributed by atoms with Gasteiger partial charge in [0.25, 0.3) is 9.05 Å². The molecule has 104 valence electrons. The van der Waals surface area contributed by atoms with Gasteiger partial charge < -0.3 is 10.5 Å². The molecule has 0 saturated heterocycles. The minimum Gasteiger partial charge on any atom is -0.404 e. The molecule has 10 heteroatoms. The van der Waals surface area contributed by atoms with E-state index in [1.807, 2.05) is 0 Å². The maximum Gasteiger partial charge on any atom is 0.573 e. The van der Waals surface area contributed by atoms with Gasteiger partial charge in [-0.05, 0) is 11.6 Å². The number of alkyl halides is 3. The Morgan fingerprint density at radius 3 is 2.37 bits per heavy atom. The van der Waals surface area contributed by atoms with Crippen molar-refractivity contribution in [1.29, 1.82) is 5.26 Å². The van der Waals surface area contributed by atoms with Crippen molar-refractivity contribution in [3.8, 4) is 11.8 Å². The molecule has 0 aliphatic heterocycles. The molecule has 5 nitrogen and oxygen atoms in total. The third-order valence-electron chi connectivity index (χ3n) is 2.00. The highest BCUT2D eigenvalue weighted by atomic mass is 35.7. The van der Waals surface area contributed by atoms with Crippen LogP contribution in [0.25, 0.3) is 0 Å². The molecule has 0 atom stereocenters. The van der Waals surface area contributed by atoms with Crippen molar-refractivity contribution >= 4 is 19.7 Å². The first-order chi connectivity index (χ1) is 8.58. The molecule has 0 aromatic heterocycles. The predicted molar refractivity (Wildman–Crippen MR) is 58.8 cm³/mol. The molecule has 19 heavy (non-hydrogen) atoms. The van der Waals surface area contributed by atoms with Crippen molar-refractivity contribution in [1.82, 2.24) is 0 Å². The monoisotopic (exact) mass is 314 g/mol. The normalized spacial score (nSPS) is 12.0. The van der Waals surface area contributed by atoms with Crippen molar-refractivity contribution in [3.05, 3.63) is 23.3 Å². The maximum absolute atomic E-state index is 12.2. The molecular formula is C9H6ClF3N2O3S. The van der Waals surface area contributed by atoms with Gasteiger partial charge in [-0.25, -0.2) is 8.42 Å². The van der Waals surface area contributed by atoms with Crippen LogP contribution in [-0.2, 0) is 15.6 Å². The summed E-state index contributed by atoms with van der Waals surface area (Å²) >= 11 is 0. The fourth-order valence-electron chi connectivity index (χ4n) is 1.27. The fourth-order valence-corrected chi connectivity index (χ4v) is 2.26. The lowest BCUT2D eigenvalue weighted by molar-refractivity contribution is -0.275. The molecule has 0 fully saturated rings. The number of nitrogens with zero attached hydrogens (tertiary/aromatic N) is 1. The molecule has 1 aromatic carbocycles. The Morgan fingerprint density at radius 2 is 2.00 bits per heavy atom. The van der Waals surface area contributed by atoms with Gasteiger partial charge >= 0.3 is 6.36 Å². The van der Waals surface area contributed by atoms with Gasteiger partial charge in [-0.2, -0.15) is 5.26 Å². The quantitative estimate of drug-likeness (QED) is 0.859. The second-order valence-corrected chi connectivity index (χ2v) is 5.79. The van der Waals surface area contributed by atoms with E-state index >= 15 is 0 Å². The molecular weight excluding hydrogens is 309 g/mol. The van der Waals surface area contributed by atoms with Gasteiger partial charge in [-0.1, -0.05) is 0 Å². The van der Waals surface area contributed by atoms with E-state index in [-0.39, 0.29) is 17.7 Å². The standard InChI is InChI=1S/C9H6ClF3N2O3S/c10-19(16,17)8-2-6(4-15)5(3-14)1-7(8)18-9(11,12)13/h1-2H,4,15H2. The van der Waals surface area contributed by atoms with Crippen molar-refractivity contribution in [3.63, 3.8) is 0 Å². The first-order valence-corrected chi connectivity index (χ1v) is 6.87. The summed E-state index contributed by atoms with van der Waals surface area (Å²) in [5.41, 5.74) is 5.07. The highest BCUT2D eigenvalue weighted by Crippen LogP contribution is 2.34. The van der Waals surface area contributed by atoms with E-state index in [9.17, 15) is 21.6 Å². The van der Waals surface area contributed by atoms with Crippen molar-refractivity contribution in [2.24, 2.45) is 5.73 Å². The first kappa shape index (κ1) is 15.6. The number of ether oxygens (including phenoxy) is 1. The number of halogens is 4. The van der Waals surface area contributed by atoms with Crippen LogP contribution in [0.2, 0.25) is 0 Å². The topological polar surface area (TPSA) is 93.2 Å². The number of benzene rings is 1. The molecule has 0 heterocycles. The van der Waals surface area contributed by atoms with E-state index in [1.165, 1.54) is 0 Å². The molecule has 2 N–H and O–H groups in total. The lowest BCUT2D eigenvalue weighted by Crippen LogP contribution is -2.19. The summed E-state index contributed by atoms with van der Waals surface area (Å²) in [5.74, 6) is -1.07. The van der Waals surface area contributed by atoms with E-state index in [1.54, 1.807) is 6.07 Å². The molecule has 0 saturated carbocycles. The summed E-state index contributed by atoms with van der Waals surface area (Å²) in [6, 6.07) is 3.00. The van der Waals surface area contributed by atoms with Crippen LogP contribution < -0.4 is 10.5 Å². The predicted octanol–water partition coefficient (Wildman–Crippen LogP) is 1.84.